The minimum atomic E-state index is -0.148. The number of phenolic OH excluding ortho intramolecular Hbond substituents is 1. The molecular weight excluding hydrogens is 312 g/mol. The number of nitrogens with zero attached hydrogens (tertiary/aromatic N) is 1. The van der Waals surface area contributed by atoms with Crippen molar-refractivity contribution in [2.45, 2.75) is 27.2 Å². The SMILES string of the molecule is Cc1ccc(-n2c(C)cc(CC(=O)Nc3ccccc3O)c2C)cc1. The van der Waals surface area contributed by atoms with E-state index < -0.39 is 0 Å². The average Bonchev–Trinajstić information content (AvgIpc) is 2.84. The number of phenols is 1. The Hall–Kier alpha value is -3.01. The summed E-state index contributed by atoms with van der Waals surface area (Å²) in [6.07, 6.45) is 0.264. The van der Waals surface area contributed by atoms with Crippen LogP contribution in [0.4, 0.5) is 5.69 Å². The second kappa shape index (κ2) is 6.85. The average molecular weight is 334 g/mol. The van der Waals surface area contributed by atoms with Crippen molar-refractivity contribution in [2.75, 3.05) is 5.32 Å². The minimum absolute atomic E-state index is 0.0704. The highest BCUT2D eigenvalue weighted by atomic mass is 16.3. The molecule has 0 radical (unpaired) electrons. The summed E-state index contributed by atoms with van der Waals surface area (Å²) in [5, 5.41) is 12.5. The van der Waals surface area contributed by atoms with Crippen LogP contribution in [0, 0.1) is 20.8 Å². The number of aryl methyl sites for hydroxylation is 2. The summed E-state index contributed by atoms with van der Waals surface area (Å²) in [6.45, 7) is 6.13. The molecule has 25 heavy (non-hydrogen) atoms. The lowest BCUT2D eigenvalue weighted by molar-refractivity contribution is -0.115. The van der Waals surface area contributed by atoms with Crippen molar-refractivity contribution in [3.63, 3.8) is 0 Å². The maximum absolute atomic E-state index is 12.4. The van der Waals surface area contributed by atoms with Crippen molar-refractivity contribution in [1.29, 1.82) is 0 Å². The standard InChI is InChI=1S/C21H22N2O2/c1-14-8-10-18(11-9-14)23-15(2)12-17(16(23)3)13-21(25)22-19-6-4-5-7-20(19)24/h4-12,24H,13H2,1-3H3,(H,22,25). The molecule has 1 amide bonds. The van der Waals surface area contributed by atoms with E-state index in [0.717, 1.165) is 22.6 Å². The second-order valence-electron chi connectivity index (χ2n) is 6.31. The number of rotatable bonds is 4. The van der Waals surface area contributed by atoms with Crippen LogP contribution in [-0.2, 0) is 11.2 Å². The van der Waals surface area contributed by atoms with E-state index in [1.165, 1.54) is 5.56 Å². The largest absolute Gasteiger partial charge is 0.506 e. The summed E-state index contributed by atoms with van der Waals surface area (Å²) in [5.41, 5.74) is 5.85. The molecule has 0 saturated heterocycles. The molecule has 3 rings (SSSR count). The van der Waals surface area contributed by atoms with Gasteiger partial charge in [-0.1, -0.05) is 29.8 Å². The molecule has 0 fully saturated rings. The minimum Gasteiger partial charge on any atom is -0.506 e. The van der Waals surface area contributed by atoms with Gasteiger partial charge in [0, 0.05) is 17.1 Å². The Balaban J connectivity index is 1.82. The van der Waals surface area contributed by atoms with E-state index in [2.05, 4.69) is 41.1 Å². The number of para-hydroxylation sites is 2. The maximum Gasteiger partial charge on any atom is 0.228 e. The molecular formula is C21H22N2O2. The van der Waals surface area contributed by atoms with Crippen LogP contribution >= 0.6 is 0 Å². The number of carbonyl (C=O) groups is 1. The molecule has 0 aliphatic rings. The molecule has 4 nitrogen and oxygen atoms in total. The van der Waals surface area contributed by atoms with Gasteiger partial charge in [0.1, 0.15) is 5.75 Å². The van der Waals surface area contributed by atoms with Gasteiger partial charge in [0.05, 0.1) is 12.1 Å². The zero-order chi connectivity index (χ0) is 18.0. The lowest BCUT2D eigenvalue weighted by Crippen LogP contribution is -2.15. The summed E-state index contributed by atoms with van der Waals surface area (Å²) < 4.78 is 2.15. The van der Waals surface area contributed by atoms with Crippen molar-refractivity contribution >= 4 is 11.6 Å². The van der Waals surface area contributed by atoms with Gasteiger partial charge in [0.2, 0.25) is 5.91 Å². The van der Waals surface area contributed by atoms with Gasteiger partial charge in [-0.25, -0.2) is 0 Å². The number of amides is 1. The van der Waals surface area contributed by atoms with Gasteiger partial charge in [0.15, 0.2) is 0 Å². The van der Waals surface area contributed by atoms with Crippen molar-refractivity contribution in [3.8, 4) is 11.4 Å². The molecule has 2 aromatic carbocycles. The Morgan fingerprint density at radius 2 is 1.72 bits per heavy atom. The number of nitrogens with one attached hydrogen (secondary N) is 1. The van der Waals surface area contributed by atoms with Crippen LogP contribution in [0.15, 0.2) is 54.6 Å². The van der Waals surface area contributed by atoms with E-state index in [9.17, 15) is 9.90 Å². The Morgan fingerprint density at radius 3 is 2.40 bits per heavy atom. The van der Waals surface area contributed by atoms with Gasteiger partial charge in [0.25, 0.3) is 0 Å². The fraction of sp³-hybridized carbons (Fsp3) is 0.190. The van der Waals surface area contributed by atoms with Crippen LogP contribution in [0.1, 0.15) is 22.5 Å². The number of carbonyl (C=O) groups excluding carboxylic acids is 1. The third-order valence-corrected chi connectivity index (χ3v) is 4.36. The first-order valence-corrected chi connectivity index (χ1v) is 8.28. The van der Waals surface area contributed by atoms with Crippen LogP contribution in [0.2, 0.25) is 0 Å². The molecule has 128 valence electrons. The van der Waals surface area contributed by atoms with E-state index in [4.69, 9.17) is 0 Å². The molecule has 0 aliphatic carbocycles. The van der Waals surface area contributed by atoms with Crippen LogP contribution in [-0.4, -0.2) is 15.6 Å². The summed E-state index contributed by atoms with van der Waals surface area (Å²) in [6, 6.07) is 17.1. The van der Waals surface area contributed by atoms with Crippen LogP contribution in [0.25, 0.3) is 5.69 Å². The number of aromatic nitrogens is 1. The number of anilines is 1. The first-order chi connectivity index (χ1) is 12.0. The van der Waals surface area contributed by atoms with Gasteiger partial charge in [-0.05, 0) is 56.7 Å². The smallest absolute Gasteiger partial charge is 0.228 e. The highest BCUT2D eigenvalue weighted by molar-refractivity contribution is 5.93. The van der Waals surface area contributed by atoms with Gasteiger partial charge in [-0.15, -0.1) is 0 Å². The van der Waals surface area contributed by atoms with E-state index in [1.54, 1.807) is 24.3 Å². The van der Waals surface area contributed by atoms with Gasteiger partial charge in [-0.3, -0.25) is 4.79 Å². The molecule has 0 aliphatic heterocycles. The maximum atomic E-state index is 12.4. The Morgan fingerprint density at radius 1 is 1.04 bits per heavy atom. The molecule has 1 aromatic heterocycles. The number of hydrogen-bond donors (Lipinski definition) is 2. The van der Waals surface area contributed by atoms with E-state index in [0.29, 0.717) is 5.69 Å². The van der Waals surface area contributed by atoms with Gasteiger partial charge < -0.3 is 15.0 Å². The zero-order valence-electron chi connectivity index (χ0n) is 14.7. The van der Waals surface area contributed by atoms with E-state index in [-0.39, 0.29) is 18.1 Å². The summed E-state index contributed by atoms with van der Waals surface area (Å²) in [7, 11) is 0. The third kappa shape index (κ3) is 3.58. The highest BCUT2D eigenvalue weighted by Crippen LogP contribution is 2.24. The fourth-order valence-electron chi connectivity index (χ4n) is 3.05. The van der Waals surface area contributed by atoms with Crippen LogP contribution in [0.3, 0.4) is 0 Å². The second-order valence-corrected chi connectivity index (χ2v) is 6.31. The topological polar surface area (TPSA) is 54.3 Å². The summed E-state index contributed by atoms with van der Waals surface area (Å²) >= 11 is 0. The zero-order valence-corrected chi connectivity index (χ0v) is 14.7. The van der Waals surface area contributed by atoms with Crippen LogP contribution < -0.4 is 5.32 Å². The lowest BCUT2D eigenvalue weighted by atomic mass is 10.1. The number of aromatic hydroxyl groups is 1. The highest BCUT2D eigenvalue weighted by Gasteiger charge is 2.14. The quantitative estimate of drug-likeness (QED) is 0.699. The molecule has 4 heteroatoms. The molecule has 0 bridgehead atoms. The normalized spacial score (nSPS) is 10.7. The van der Waals surface area contributed by atoms with Crippen LogP contribution in [0.5, 0.6) is 5.75 Å². The Labute approximate surface area is 147 Å². The Bertz CT molecular complexity index is 908. The van der Waals surface area contributed by atoms with Crippen molar-refractivity contribution in [2.24, 2.45) is 0 Å². The summed E-state index contributed by atoms with van der Waals surface area (Å²) in [4.78, 5) is 12.4. The molecule has 0 atom stereocenters. The molecule has 0 spiro atoms. The molecule has 0 unspecified atom stereocenters. The van der Waals surface area contributed by atoms with Gasteiger partial charge in [-0.2, -0.15) is 0 Å². The van der Waals surface area contributed by atoms with Crippen molar-refractivity contribution in [1.82, 2.24) is 4.57 Å². The van der Waals surface area contributed by atoms with E-state index in [1.807, 2.05) is 19.9 Å². The summed E-state index contributed by atoms with van der Waals surface area (Å²) in [5.74, 6) is -0.0772. The first-order valence-electron chi connectivity index (χ1n) is 8.28. The third-order valence-electron chi connectivity index (χ3n) is 4.36. The van der Waals surface area contributed by atoms with Crippen molar-refractivity contribution in [3.05, 3.63) is 77.1 Å². The monoisotopic (exact) mass is 334 g/mol. The fourth-order valence-corrected chi connectivity index (χ4v) is 3.05. The van der Waals surface area contributed by atoms with E-state index >= 15 is 0 Å². The first kappa shape index (κ1) is 16.8. The number of hydrogen-bond acceptors (Lipinski definition) is 2. The number of benzene rings is 2. The van der Waals surface area contributed by atoms with Crippen molar-refractivity contribution < 1.29 is 9.90 Å². The molecule has 0 saturated carbocycles. The lowest BCUT2D eigenvalue weighted by Gasteiger charge is -2.11. The molecule has 3 aromatic rings. The molecule has 1 heterocycles. The van der Waals surface area contributed by atoms with Gasteiger partial charge >= 0.3 is 0 Å². The predicted octanol–water partition coefficient (Wildman–Crippen LogP) is 4.29. The predicted molar refractivity (Wildman–Crippen MR) is 100 cm³/mol. The molecule has 2 N–H and O–H groups in total. The Kier molecular flexibility index (Phi) is 4.61.